The Kier molecular flexibility index (Phi) is 10.8. The lowest BCUT2D eigenvalue weighted by Crippen LogP contribution is -2.42. The Morgan fingerprint density at radius 3 is 2.69 bits per heavy atom. The summed E-state index contributed by atoms with van der Waals surface area (Å²) in [5.41, 5.74) is 0. The molecule has 148 valence electrons. The predicted octanol–water partition coefficient (Wildman–Crippen LogP) is 3.71. The van der Waals surface area contributed by atoms with Gasteiger partial charge in [-0.25, -0.2) is 4.99 Å². The third kappa shape index (κ3) is 7.63. The third-order valence-corrected chi connectivity index (χ3v) is 5.09. The van der Waals surface area contributed by atoms with E-state index in [1.165, 1.54) is 44.9 Å². The molecule has 1 fully saturated rings. The Hall–Kier alpha value is -1.12. The Balaban J connectivity index is 0.00000338. The number of hydrogen-bond donors (Lipinski definition) is 2. The summed E-state index contributed by atoms with van der Waals surface area (Å²) in [6, 6.07) is 0.402. The monoisotopic (exact) mass is 474 g/mol. The van der Waals surface area contributed by atoms with Gasteiger partial charge in [0.15, 0.2) is 11.8 Å². The molecular weight excluding hydrogens is 439 g/mol. The average molecular weight is 474 g/mol. The summed E-state index contributed by atoms with van der Waals surface area (Å²) in [7, 11) is 1.97. The lowest BCUT2D eigenvalue weighted by molar-refractivity contribution is 0.322. The number of aryl methyl sites for hydroxylation is 1. The van der Waals surface area contributed by atoms with E-state index in [9.17, 15) is 0 Å². The Morgan fingerprint density at radius 1 is 1.35 bits per heavy atom. The predicted molar refractivity (Wildman–Crippen MR) is 119 cm³/mol. The second kappa shape index (κ2) is 12.3. The van der Waals surface area contributed by atoms with Gasteiger partial charge in [0.05, 0.1) is 0 Å². The van der Waals surface area contributed by atoms with Crippen LogP contribution < -0.4 is 10.6 Å². The Labute approximate surface area is 175 Å². The highest BCUT2D eigenvalue weighted by Crippen LogP contribution is 2.27. The Bertz CT molecular complexity index is 562. The molecule has 1 atom stereocenters. The maximum Gasteiger partial charge on any atom is 0.192 e. The van der Waals surface area contributed by atoms with Gasteiger partial charge in [-0.1, -0.05) is 38.2 Å². The highest BCUT2D eigenvalue weighted by atomic mass is 127. The number of aliphatic imine (C=N–C) groups is 1. The van der Waals surface area contributed by atoms with Crippen LogP contribution in [0.5, 0.6) is 0 Å². The van der Waals surface area contributed by atoms with Crippen molar-refractivity contribution in [2.45, 2.75) is 71.4 Å². The molecule has 1 unspecified atom stereocenters. The largest absolute Gasteiger partial charge is 0.354 e. The summed E-state index contributed by atoms with van der Waals surface area (Å²) >= 11 is 0. The first kappa shape index (κ1) is 22.9. The van der Waals surface area contributed by atoms with E-state index in [4.69, 9.17) is 0 Å². The molecule has 0 saturated heterocycles. The first-order valence-electron chi connectivity index (χ1n) is 9.60. The molecule has 7 heteroatoms. The van der Waals surface area contributed by atoms with Crippen molar-refractivity contribution in [3.05, 3.63) is 24.3 Å². The molecule has 1 heterocycles. The zero-order chi connectivity index (χ0) is 18.1. The fourth-order valence-corrected chi connectivity index (χ4v) is 3.33. The number of halogens is 1. The molecule has 0 amide bonds. The van der Waals surface area contributed by atoms with Crippen LogP contribution in [0.2, 0.25) is 0 Å². The third-order valence-electron chi connectivity index (χ3n) is 5.09. The Morgan fingerprint density at radius 2 is 2.08 bits per heavy atom. The van der Waals surface area contributed by atoms with Crippen molar-refractivity contribution in [3.63, 3.8) is 0 Å². The highest BCUT2D eigenvalue weighted by Gasteiger charge is 2.15. The van der Waals surface area contributed by atoms with Gasteiger partial charge in [0.1, 0.15) is 12.4 Å². The van der Waals surface area contributed by atoms with E-state index in [0.29, 0.717) is 19.1 Å². The summed E-state index contributed by atoms with van der Waals surface area (Å²) < 4.78 is 1.97. The van der Waals surface area contributed by atoms with E-state index in [1.807, 2.05) is 24.6 Å². The molecule has 2 N–H and O–H groups in total. The lowest BCUT2D eigenvalue weighted by atomic mass is 9.85. The average Bonchev–Trinajstić information content (AvgIpc) is 2.95. The van der Waals surface area contributed by atoms with Crippen molar-refractivity contribution in [2.24, 2.45) is 18.0 Å². The van der Waals surface area contributed by atoms with Gasteiger partial charge in [0.25, 0.3) is 0 Å². The smallest absolute Gasteiger partial charge is 0.192 e. The van der Waals surface area contributed by atoms with E-state index in [-0.39, 0.29) is 24.0 Å². The number of aromatic nitrogens is 3. The first-order valence-corrected chi connectivity index (χ1v) is 9.60. The summed E-state index contributed by atoms with van der Waals surface area (Å²) in [6.07, 6.45) is 11.4. The van der Waals surface area contributed by atoms with Crippen LogP contribution in [0.15, 0.2) is 17.6 Å². The molecule has 1 saturated carbocycles. The van der Waals surface area contributed by atoms with Crippen molar-refractivity contribution < 1.29 is 0 Å². The highest BCUT2D eigenvalue weighted by molar-refractivity contribution is 14.0. The van der Waals surface area contributed by atoms with E-state index < -0.39 is 0 Å². The maximum atomic E-state index is 4.66. The van der Waals surface area contributed by atoms with E-state index in [1.54, 1.807) is 0 Å². The lowest BCUT2D eigenvalue weighted by Gasteiger charge is -2.24. The van der Waals surface area contributed by atoms with Gasteiger partial charge in [-0.15, -0.1) is 40.8 Å². The van der Waals surface area contributed by atoms with Gasteiger partial charge in [-0.05, 0) is 32.6 Å². The van der Waals surface area contributed by atoms with Gasteiger partial charge in [0.2, 0.25) is 0 Å². The van der Waals surface area contributed by atoms with Crippen LogP contribution >= 0.6 is 24.0 Å². The van der Waals surface area contributed by atoms with E-state index in [0.717, 1.165) is 23.5 Å². The molecule has 0 bridgehead atoms. The second-order valence-corrected chi connectivity index (χ2v) is 7.18. The van der Waals surface area contributed by atoms with Gasteiger partial charge in [0, 0.05) is 19.6 Å². The summed E-state index contributed by atoms with van der Waals surface area (Å²) in [5, 5.41) is 15.1. The van der Waals surface area contributed by atoms with Crippen LogP contribution in [0.1, 0.15) is 63.5 Å². The second-order valence-electron chi connectivity index (χ2n) is 7.18. The van der Waals surface area contributed by atoms with E-state index in [2.05, 4.69) is 39.3 Å². The minimum absolute atomic E-state index is 0. The molecule has 1 aliphatic rings. The fraction of sp³-hybridized carbons (Fsp3) is 0.737. The molecule has 6 nitrogen and oxygen atoms in total. The van der Waals surface area contributed by atoms with Gasteiger partial charge >= 0.3 is 0 Å². The summed E-state index contributed by atoms with van der Waals surface area (Å²) in [6.45, 7) is 9.16. The topological polar surface area (TPSA) is 67.1 Å². The SMILES string of the molecule is C=CCNC(=NCc1nnc(C)n1C)NC(C)CCC1CCCCC1.I. The number of nitrogens with zero attached hydrogens (tertiary/aromatic N) is 4. The number of nitrogens with one attached hydrogen (secondary N) is 2. The van der Waals surface area contributed by atoms with Gasteiger partial charge < -0.3 is 15.2 Å². The maximum absolute atomic E-state index is 4.66. The molecule has 1 aromatic rings. The molecule has 0 aromatic carbocycles. The molecule has 1 aromatic heterocycles. The normalized spacial score (nSPS) is 16.7. The van der Waals surface area contributed by atoms with Crippen LogP contribution in [0.25, 0.3) is 0 Å². The molecule has 1 aliphatic carbocycles. The van der Waals surface area contributed by atoms with Crippen molar-refractivity contribution in [3.8, 4) is 0 Å². The van der Waals surface area contributed by atoms with Crippen molar-refractivity contribution in [2.75, 3.05) is 6.54 Å². The fourth-order valence-electron chi connectivity index (χ4n) is 3.33. The zero-order valence-electron chi connectivity index (χ0n) is 16.5. The quantitative estimate of drug-likeness (QED) is 0.261. The van der Waals surface area contributed by atoms with Crippen molar-refractivity contribution >= 4 is 29.9 Å². The van der Waals surface area contributed by atoms with Crippen LogP contribution in [0.4, 0.5) is 0 Å². The minimum Gasteiger partial charge on any atom is -0.354 e. The number of hydrogen-bond acceptors (Lipinski definition) is 3. The minimum atomic E-state index is 0. The van der Waals surface area contributed by atoms with E-state index >= 15 is 0 Å². The van der Waals surface area contributed by atoms with Crippen LogP contribution in [-0.4, -0.2) is 33.3 Å². The van der Waals surface area contributed by atoms with Crippen LogP contribution in [0, 0.1) is 12.8 Å². The van der Waals surface area contributed by atoms with Crippen LogP contribution in [-0.2, 0) is 13.6 Å². The molecule has 0 spiro atoms. The van der Waals surface area contributed by atoms with Crippen molar-refractivity contribution in [1.82, 2.24) is 25.4 Å². The zero-order valence-corrected chi connectivity index (χ0v) is 18.8. The molecular formula is C19H35IN6. The molecule has 0 radical (unpaired) electrons. The van der Waals surface area contributed by atoms with Gasteiger partial charge in [-0.2, -0.15) is 0 Å². The molecule has 2 rings (SSSR count). The van der Waals surface area contributed by atoms with Gasteiger partial charge in [-0.3, -0.25) is 0 Å². The number of guanidine groups is 1. The van der Waals surface area contributed by atoms with Crippen molar-refractivity contribution in [1.29, 1.82) is 0 Å². The molecule has 0 aliphatic heterocycles. The summed E-state index contributed by atoms with van der Waals surface area (Å²) in [4.78, 5) is 4.66. The van der Waals surface area contributed by atoms with Crippen LogP contribution in [0.3, 0.4) is 0 Å². The molecule has 26 heavy (non-hydrogen) atoms. The first-order chi connectivity index (χ1) is 12.1. The summed E-state index contributed by atoms with van der Waals surface area (Å²) in [5.74, 6) is 3.50. The standard InChI is InChI=1S/C19H34N6.HI/c1-5-13-20-19(21-14-18-24-23-16(3)25(18)4)22-15(2)11-12-17-9-7-6-8-10-17;/h5,15,17H,1,6-14H2,2-4H3,(H2,20,21,22);1H. The number of rotatable bonds is 8.